The summed E-state index contributed by atoms with van der Waals surface area (Å²) >= 11 is 0. The average Bonchev–Trinajstić information content (AvgIpc) is 3.38. The summed E-state index contributed by atoms with van der Waals surface area (Å²) in [6.45, 7) is 2.30. The minimum absolute atomic E-state index is 0.161. The standard InChI is InChI=1S/C25H27N3O4S/c29-24-21-7-3-5-19-6-4-14-27(23(19)21)17-22(24)25(30)26-13-12-18-8-10-20(11-9-18)33(31,32)28-15-1-2-16-28/h3,5,7-11,17H,1-2,4,6,12-16H2,(H,26,30). The highest BCUT2D eigenvalue weighted by atomic mass is 32.2. The summed E-state index contributed by atoms with van der Waals surface area (Å²) in [5.41, 5.74) is 2.94. The Morgan fingerprint density at radius 3 is 2.48 bits per heavy atom. The highest BCUT2D eigenvalue weighted by Gasteiger charge is 2.27. The molecule has 33 heavy (non-hydrogen) atoms. The van der Waals surface area contributed by atoms with E-state index in [0.717, 1.165) is 48.9 Å². The van der Waals surface area contributed by atoms with E-state index in [0.29, 0.717) is 36.3 Å². The number of aromatic nitrogens is 1. The zero-order valence-corrected chi connectivity index (χ0v) is 19.2. The summed E-state index contributed by atoms with van der Waals surface area (Å²) in [4.78, 5) is 26.0. The van der Waals surface area contributed by atoms with Gasteiger partial charge in [0.2, 0.25) is 15.5 Å². The summed E-state index contributed by atoms with van der Waals surface area (Å²) in [7, 11) is -3.43. The Kier molecular flexibility index (Phi) is 5.80. The molecule has 2 aromatic carbocycles. The summed E-state index contributed by atoms with van der Waals surface area (Å²) < 4.78 is 28.8. The third kappa shape index (κ3) is 4.09. The van der Waals surface area contributed by atoms with E-state index in [-0.39, 0.29) is 16.9 Å². The molecule has 8 heteroatoms. The number of aryl methyl sites for hydroxylation is 2. The second kappa shape index (κ2) is 8.76. The van der Waals surface area contributed by atoms with Crippen LogP contribution in [0.5, 0.6) is 0 Å². The molecule has 172 valence electrons. The number of pyridine rings is 1. The largest absolute Gasteiger partial charge is 0.352 e. The first-order valence-electron chi connectivity index (χ1n) is 11.5. The predicted molar refractivity (Wildman–Crippen MR) is 127 cm³/mol. The normalized spacial score (nSPS) is 16.2. The van der Waals surface area contributed by atoms with Crippen LogP contribution in [0, 0.1) is 0 Å². The van der Waals surface area contributed by atoms with Crippen LogP contribution >= 0.6 is 0 Å². The maximum absolute atomic E-state index is 13.0. The molecule has 0 atom stereocenters. The van der Waals surface area contributed by atoms with Crippen LogP contribution in [0.1, 0.15) is 40.7 Å². The molecule has 3 heterocycles. The fourth-order valence-corrected chi connectivity index (χ4v) is 6.36. The molecule has 0 bridgehead atoms. The lowest BCUT2D eigenvalue weighted by Gasteiger charge is -2.20. The molecule has 0 aliphatic carbocycles. The smallest absolute Gasteiger partial charge is 0.256 e. The fraction of sp³-hybridized carbons (Fsp3) is 0.360. The van der Waals surface area contributed by atoms with Gasteiger partial charge < -0.3 is 9.88 Å². The minimum atomic E-state index is -3.43. The van der Waals surface area contributed by atoms with Gasteiger partial charge in [-0.25, -0.2) is 8.42 Å². The first-order valence-corrected chi connectivity index (χ1v) is 12.9. The Bertz CT molecular complexity index is 1370. The van der Waals surface area contributed by atoms with E-state index >= 15 is 0 Å². The number of sulfonamides is 1. The summed E-state index contributed by atoms with van der Waals surface area (Å²) in [6, 6.07) is 12.5. The van der Waals surface area contributed by atoms with Gasteiger partial charge >= 0.3 is 0 Å². The van der Waals surface area contributed by atoms with Crippen molar-refractivity contribution in [3.63, 3.8) is 0 Å². The van der Waals surface area contributed by atoms with Crippen LogP contribution in [0.2, 0.25) is 0 Å². The van der Waals surface area contributed by atoms with E-state index in [1.165, 1.54) is 4.31 Å². The first kappa shape index (κ1) is 21.9. The SMILES string of the molecule is O=C(NCCc1ccc(S(=O)(=O)N2CCCC2)cc1)c1cn2c3c(cccc3c1=O)CCC2. The van der Waals surface area contributed by atoms with Crippen LogP contribution in [-0.2, 0) is 29.4 Å². The number of carbonyl (C=O) groups excluding carboxylic acids is 1. The van der Waals surface area contributed by atoms with E-state index in [1.807, 2.05) is 16.7 Å². The first-order chi connectivity index (χ1) is 15.9. The molecule has 0 radical (unpaired) electrons. The van der Waals surface area contributed by atoms with E-state index in [2.05, 4.69) is 5.32 Å². The van der Waals surface area contributed by atoms with Crippen LogP contribution in [0.15, 0.2) is 58.4 Å². The maximum Gasteiger partial charge on any atom is 0.256 e. The lowest BCUT2D eigenvalue weighted by atomic mass is 10.00. The van der Waals surface area contributed by atoms with Crippen molar-refractivity contribution in [1.82, 2.24) is 14.2 Å². The maximum atomic E-state index is 13.0. The Labute approximate surface area is 193 Å². The summed E-state index contributed by atoms with van der Waals surface area (Å²) in [5.74, 6) is -0.380. The highest BCUT2D eigenvalue weighted by molar-refractivity contribution is 7.89. The molecule has 0 spiro atoms. The van der Waals surface area contributed by atoms with Gasteiger partial charge in [-0.1, -0.05) is 24.3 Å². The number of benzene rings is 2. The second-order valence-corrected chi connectivity index (χ2v) is 10.7. The number of carbonyl (C=O) groups is 1. The van der Waals surface area contributed by atoms with Crippen molar-refractivity contribution < 1.29 is 13.2 Å². The van der Waals surface area contributed by atoms with E-state index < -0.39 is 10.0 Å². The van der Waals surface area contributed by atoms with Crippen molar-refractivity contribution in [2.75, 3.05) is 19.6 Å². The average molecular weight is 466 g/mol. The number of nitrogens with zero attached hydrogens (tertiary/aromatic N) is 2. The third-order valence-corrected chi connectivity index (χ3v) is 8.51. The van der Waals surface area contributed by atoms with Crippen molar-refractivity contribution in [3.8, 4) is 0 Å². The molecule has 1 N–H and O–H groups in total. The molecular formula is C25H27N3O4S. The number of hydrogen-bond donors (Lipinski definition) is 1. The summed E-state index contributed by atoms with van der Waals surface area (Å²) in [6.07, 6.45) is 5.96. The van der Waals surface area contributed by atoms with Crippen LogP contribution < -0.4 is 10.7 Å². The summed E-state index contributed by atoms with van der Waals surface area (Å²) in [5, 5.41) is 3.44. The zero-order chi connectivity index (χ0) is 23.0. The quantitative estimate of drug-likeness (QED) is 0.606. The van der Waals surface area contributed by atoms with Gasteiger partial charge in [0.15, 0.2) is 0 Å². The molecule has 2 aliphatic heterocycles. The molecule has 3 aromatic rings. The number of hydrogen-bond acceptors (Lipinski definition) is 4. The Hall–Kier alpha value is -2.97. The van der Waals surface area contributed by atoms with Crippen LogP contribution in [0.4, 0.5) is 0 Å². The Balaban J connectivity index is 1.26. The number of para-hydroxylation sites is 1. The van der Waals surface area contributed by atoms with E-state index in [4.69, 9.17) is 0 Å². The van der Waals surface area contributed by atoms with E-state index in [9.17, 15) is 18.0 Å². The van der Waals surface area contributed by atoms with Gasteiger partial charge in [0.1, 0.15) is 5.56 Å². The lowest BCUT2D eigenvalue weighted by Crippen LogP contribution is -2.32. The third-order valence-electron chi connectivity index (χ3n) is 6.60. The van der Waals surface area contributed by atoms with E-state index in [1.54, 1.807) is 36.5 Å². The van der Waals surface area contributed by atoms with Gasteiger partial charge in [-0.3, -0.25) is 9.59 Å². The fourth-order valence-electron chi connectivity index (χ4n) is 4.84. The number of nitrogens with one attached hydrogen (secondary N) is 1. The van der Waals surface area contributed by atoms with Crippen molar-refractivity contribution in [1.29, 1.82) is 0 Å². The number of rotatable bonds is 6. The van der Waals surface area contributed by atoms with Gasteiger partial charge in [-0.05, 0) is 61.4 Å². The zero-order valence-electron chi connectivity index (χ0n) is 18.4. The molecule has 7 nitrogen and oxygen atoms in total. The van der Waals surface area contributed by atoms with Crippen LogP contribution in [-0.4, -0.2) is 42.8 Å². The molecular weight excluding hydrogens is 438 g/mol. The van der Waals surface area contributed by atoms with Gasteiger partial charge in [-0.15, -0.1) is 0 Å². The van der Waals surface area contributed by atoms with Crippen LogP contribution in [0.25, 0.3) is 10.9 Å². The van der Waals surface area contributed by atoms with Crippen molar-refractivity contribution in [3.05, 3.63) is 75.6 Å². The molecule has 5 rings (SSSR count). The molecule has 1 saturated heterocycles. The number of amides is 1. The minimum Gasteiger partial charge on any atom is -0.352 e. The molecule has 0 unspecified atom stereocenters. The van der Waals surface area contributed by atoms with Crippen molar-refractivity contribution >= 4 is 26.8 Å². The highest BCUT2D eigenvalue weighted by Crippen LogP contribution is 2.24. The molecule has 0 saturated carbocycles. The van der Waals surface area contributed by atoms with Crippen LogP contribution in [0.3, 0.4) is 0 Å². The van der Waals surface area contributed by atoms with Gasteiger partial charge in [0, 0.05) is 37.8 Å². The topological polar surface area (TPSA) is 88.5 Å². The van der Waals surface area contributed by atoms with Crippen molar-refractivity contribution in [2.45, 2.75) is 43.5 Å². The van der Waals surface area contributed by atoms with Crippen molar-refractivity contribution in [2.24, 2.45) is 0 Å². The van der Waals surface area contributed by atoms with Gasteiger partial charge in [0.25, 0.3) is 5.91 Å². The molecule has 1 amide bonds. The second-order valence-electron chi connectivity index (χ2n) is 8.74. The van der Waals surface area contributed by atoms with Gasteiger partial charge in [-0.2, -0.15) is 4.31 Å². The molecule has 1 fully saturated rings. The lowest BCUT2D eigenvalue weighted by molar-refractivity contribution is 0.0952. The Morgan fingerprint density at radius 1 is 0.970 bits per heavy atom. The molecule has 1 aromatic heterocycles. The monoisotopic (exact) mass is 465 g/mol. The predicted octanol–water partition coefficient (Wildman–Crippen LogP) is 2.70. The molecule has 2 aliphatic rings. The van der Waals surface area contributed by atoms with Gasteiger partial charge in [0.05, 0.1) is 10.4 Å². The Morgan fingerprint density at radius 2 is 1.73 bits per heavy atom.